The third-order valence-corrected chi connectivity index (χ3v) is 2.13. The van der Waals surface area contributed by atoms with Crippen LogP contribution in [-0.4, -0.2) is 25.0 Å². The molecule has 1 aliphatic heterocycles. The fourth-order valence-corrected chi connectivity index (χ4v) is 1.45. The lowest BCUT2D eigenvalue weighted by Gasteiger charge is -2.20. The molecule has 0 aromatic carbocycles. The van der Waals surface area contributed by atoms with Crippen LogP contribution in [0.5, 0.6) is 0 Å². The molecule has 0 saturated carbocycles. The monoisotopic (exact) mass is 184 g/mol. The van der Waals surface area contributed by atoms with Crippen molar-refractivity contribution >= 4 is 5.91 Å². The second-order valence-corrected chi connectivity index (χ2v) is 4.99. The zero-order chi connectivity index (χ0) is 9.90. The van der Waals surface area contributed by atoms with Gasteiger partial charge in [0.05, 0.1) is 0 Å². The van der Waals surface area contributed by atoms with E-state index in [1.165, 1.54) is 0 Å². The summed E-state index contributed by atoms with van der Waals surface area (Å²) in [5, 5.41) is 6.31. The lowest BCUT2D eigenvalue weighted by Crippen LogP contribution is -2.38. The van der Waals surface area contributed by atoms with E-state index in [1.54, 1.807) is 0 Å². The minimum atomic E-state index is 0.197. The normalized spacial score (nSPS) is 23.3. The molecule has 0 aromatic rings. The van der Waals surface area contributed by atoms with E-state index in [0.29, 0.717) is 17.9 Å². The number of hydrogen-bond donors (Lipinski definition) is 2. The second-order valence-electron chi connectivity index (χ2n) is 4.99. The van der Waals surface area contributed by atoms with Gasteiger partial charge in [-0.15, -0.1) is 0 Å². The van der Waals surface area contributed by atoms with Crippen LogP contribution in [0.1, 0.15) is 33.6 Å². The number of rotatable bonds is 3. The highest BCUT2D eigenvalue weighted by Gasteiger charge is 2.20. The molecule has 1 fully saturated rings. The molecular weight excluding hydrogens is 164 g/mol. The van der Waals surface area contributed by atoms with Crippen molar-refractivity contribution in [1.82, 2.24) is 10.6 Å². The van der Waals surface area contributed by atoms with Gasteiger partial charge in [0.25, 0.3) is 0 Å². The molecular formula is C10H20N2O. The first-order valence-electron chi connectivity index (χ1n) is 4.97. The highest BCUT2D eigenvalue weighted by atomic mass is 16.1. The zero-order valence-corrected chi connectivity index (χ0v) is 8.81. The van der Waals surface area contributed by atoms with E-state index in [2.05, 4.69) is 31.4 Å². The van der Waals surface area contributed by atoms with Crippen LogP contribution in [0.3, 0.4) is 0 Å². The van der Waals surface area contributed by atoms with E-state index in [1.807, 2.05) is 0 Å². The van der Waals surface area contributed by atoms with Crippen molar-refractivity contribution in [2.45, 2.75) is 39.7 Å². The van der Waals surface area contributed by atoms with Crippen molar-refractivity contribution in [2.75, 3.05) is 13.1 Å². The second kappa shape index (κ2) is 4.09. The maximum absolute atomic E-state index is 10.9. The first kappa shape index (κ1) is 10.5. The molecule has 0 spiro atoms. The highest BCUT2D eigenvalue weighted by molar-refractivity contribution is 5.78. The predicted molar refractivity (Wildman–Crippen MR) is 53.5 cm³/mol. The SMILES string of the molecule is CC(C)(C)CNCC1CCC(=O)N1. The molecule has 1 aliphatic rings. The maximum atomic E-state index is 10.9. The molecule has 0 aliphatic carbocycles. The van der Waals surface area contributed by atoms with E-state index in [0.717, 1.165) is 19.5 Å². The molecule has 1 unspecified atom stereocenters. The van der Waals surface area contributed by atoms with Crippen molar-refractivity contribution in [1.29, 1.82) is 0 Å². The molecule has 1 amide bonds. The molecule has 0 aromatic heterocycles. The number of amides is 1. The van der Waals surface area contributed by atoms with Gasteiger partial charge in [-0.2, -0.15) is 0 Å². The number of nitrogens with one attached hydrogen (secondary N) is 2. The minimum absolute atomic E-state index is 0.197. The molecule has 3 heteroatoms. The van der Waals surface area contributed by atoms with Gasteiger partial charge in [-0.1, -0.05) is 20.8 Å². The summed E-state index contributed by atoms with van der Waals surface area (Å²) < 4.78 is 0. The lowest BCUT2D eigenvalue weighted by atomic mass is 9.97. The minimum Gasteiger partial charge on any atom is -0.352 e. The van der Waals surface area contributed by atoms with Crippen molar-refractivity contribution in [3.05, 3.63) is 0 Å². The van der Waals surface area contributed by atoms with E-state index >= 15 is 0 Å². The van der Waals surface area contributed by atoms with E-state index in [9.17, 15) is 4.79 Å². The van der Waals surface area contributed by atoms with Crippen LogP contribution in [0.15, 0.2) is 0 Å². The molecule has 0 radical (unpaired) electrons. The summed E-state index contributed by atoms with van der Waals surface area (Å²) in [4.78, 5) is 10.9. The summed E-state index contributed by atoms with van der Waals surface area (Å²) >= 11 is 0. The molecule has 13 heavy (non-hydrogen) atoms. The standard InChI is InChI=1S/C10H20N2O/c1-10(2,3)7-11-6-8-4-5-9(13)12-8/h8,11H,4-7H2,1-3H3,(H,12,13). The van der Waals surface area contributed by atoms with Gasteiger partial charge < -0.3 is 10.6 Å². The van der Waals surface area contributed by atoms with Crippen molar-refractivity contribution in [2.24, 2.45) is 5.41 Å². The van der Waals surface area contributed by atoms with Crippen molar-refractivity contribution < 1.29 is 4.79 Å². The van der Waals surface area contributed by atoms with Crippen LogP contribution in [0.25, 0.3) is 0 Å². The number of hydrogen-bond acceptors (Lipinski definition) is 2. The fourth-order valence-electron chi connectivity index (χ4n) is 1.45. The summed E-state index contributed by atoms with van der Waals surface area (Å²) in [6.45, 7) is 8.51. The van der Waals surface area contributed by atoms with Gasteiger partial charge in [0, 0.05) is 25.6 Å². The lowest BCUT2D eigenvalue weighted by molar-refractivity contribution is -0.119. The van der Waals surface area contributed by atoms with E-state index < -0.39 is 0 Å². The third kappa shape index (κ3) is 4.27. The van der Waals surface area contributed by atoms with Gasteiger partial charge >= 0.3 is 0 Å². The number of carbonyl (C=O) groups excluding carboxylic acids is 1. The van der Waals surface area contributed by atoms with Gasteiger partial charge in [0.1, 0.15) is 0 Å². The Labute approximate surface area is 80.3 Å². The zero-order valence-electron chi connectivity index (χ0n) is 8.81. The molecule has 1 saturated heterocycles. The first-order chi connectivity index (χ1) is 5.97. The summed E-state index contributed by atoms with van der Waals surface area (Å²) in [5.74, 6) is 0.197. The Bertz CT molecular complexity index is 184. The summed E-state index contributed by atoms with van der Waals surface area (Å²) in [7, 11) is 0. The van der Waals surface area contributed by atoms with E-state index in [4.69, 9.17) is 0 Å². The van der Waals surface area contributed by atoms with Crippen LogP contribution in [-0.2, 0) is 4.79 Å². The Kier molecular flexibility index (Phi) is 3.31. The summed E-state index contributed by atoms with van der Waals surface area (Å²) in [6.07, 6.45) is 1.68. The van der Waals surface area contributed by atoms with Gasteiger partial charge in [-0.3, -0.25) is 4.79 Å². The molecule has 0 bridgehead atoms. The van der Waals surface area contributed by atoms with Gasteiger partial charge in [0.2, 0.25) is 5.91 Å². The summed E-state index contributed by atoms with van der Waals surface area (Å²) in [5.41, 5.74) is 0.322. The molecule has 1 rings (SSSR count). The molecule has 1 atom stereocenters. The van der Waals surface area contributed by atoms with Gasteiger partial charge in [0.15, 0.2) is 0 Å². The van der Waals surface area contributed by atoms with Crippen LogP contribution in [0, 0.1) is 5.41 Å². The average Bonchev–Trinajstić information content (AvgIpc) is 2.33. The molecule has 76 valence electrons. The quantitative estimate of drug-likeness (QED) is 0.684. The Morgan fingerprint density at radius 3 is 2.69 bits per heavy atom. The first-order valence-corrected chi connectivity index (χ1v) is 4.97. The Balaban J connectivity index is 2.10. The average molecular weight is 184 g/mol. The van der Waals surface area contributed by atoms with Gasteiger partial charge in [-0.05, 0) is 11.8 Å². The van der Waals surface area contributed by atoms with E-state index in [-0.39, 0.29) is 5.91 Å². The fraction of sp³-hybridized carbons (Fsp3) is 0.900. The van der Waals surface area contributed by atoms with Crippen LogP contribution in [0.2, 0.25) is 0 Å². The smallest absolute Gasteiger partial charge is 0.220 e. The Morgan fingerprint density at radius 1 is 1.54 bits per heavy atom. The highest BCUT2D eigenvalue weighted by Crippen LogP contribution is 2.11. The molecule has 1 heterocycles. The summed E-state index contributed by atoms with van der Waals surface area (Å²) in [6, 6.07) is 0.356. The van der Waals surface area contributed by atoms with Gasteiger partial charge in [-0.25, -0.2) is 0 Å². The van der Waals surface area contributed by atoms with Crippen LogP contribution < -0.4 is 10.6 Å². The van der Waals surface area contributed by atoms with Crippen molar-refractivity contribution in [3.8, 4) is 0 Å². The van der Waals surface area contributed by atoms with Crippen LogP contribution >= 0.6 is 0 Å². The topological polar surface area (TPSA) is 41.1 Å². The molecule has 3 nitrogen and oxygen atoms in total. The number of carbonyl (C=O) groups is 1. The van der Waals surface area contributed by atoms with Crippen molar-refractivity contribution in [3.63, 3.8) is 0 Å². The largest absolute Gasteiger partial charge is 0.352 e. The molecule has 2 N–H and O–H groups in total. The Hall–Kier alpha value is -0.570. The third-order valence-electron chi connectivity index (χ3n) is 2.13. The predicted octanol–water partition coefficient (Wildman–Crippen LogP) is 0.901. The van der Waals surface area contributed by atoms with Crippen LogP contribution in [0.4, 0.5) is 0 Å². The maximum Gasteiger partial charge on any atom is 0.220 e. The Morgan fingerprint density at radius 2 is 2.23 bits per heavy atom.